The van der Waals surface area contributed by atoms with E-state index in [0.29, 0.717) is 29.6 Å². The molecule has 5 rings (SSSR count). The van der Waals surface area contributed by atoms with E-state index in [-0.39, 0.29) is 11.9 Å². The van der Waals surface area contributed by atoms with Gasteiger partial charge in [0.25, 0.3) is 5.91 Å². The zero-order valence-corrected chi connectivity index (χ0v) is 16.1. The highest BCUT2D eigenvalue weighted by molar-refractivity contribution is 7.22. The molecule has 4 aromatic rings. The third-order valence-corrected chi connectivity index (χ3v) is 5.98. The first-order chi connectivity index (χ1) is 13.6. The maximum atomic E-state index is 13.3. The predicted octanol–water partition coefficient (Wildman–Crippen LogP) is 3.35. The molecular formula is C20H18N6OS. The normalized spacial score (nSPS) is 16.3. The first-order valence-corrected chi connectivity index (χ1v) is 9.89. The van der Waals surface area contributed by atoms with Crippen molar-refractivity contribution in [3.63, 3.8) is 0 Å². The van der Waals surface area contributed by atoms with Crippen molar-refractivity contribution >= 4 is 32.6 Å². The summed E-state index contributed by atoms with van der Waals surface area (Å²) < 4.78 is 2.73. The molecule has 0 radical (unpaired) electrons. The lowest BCUT2D eigenvalue weighted by Gasteiger charge is -2.33. The molecule has 3 heterocycles. The molecule has 1 aliphatic heterocycles. The van der Waals surface area contributed by atoms with Crippen LogP contribution in [0.4, 0.5) is 5.13 Å². The fourth-order valence-electron chi connectivity index (χ4n) is 3.64. The van der Waals surface area contributed by atoms with Crippen molar-refractivity contribution in [2.75, 3.05) is 12.3 Å². The summed E-state index contributed by atoms with van der Waals surface area (Å²) >= 11 is 1.35. The minimum atomic E-state index is -0.174. The number of anilines is 1. The van der Waals surface area contributed by atoms with Crippen LogP contribution in [0.3, 0.4) is 0 Å². The predicted molar refractivity (Wildman–Crippen MR) is 109 cm³/mol. The second-order valence-corrected chi connectivity index (χ2v) is 7.79. The number of benzene rings is 2. The molecule has 0 saturated carbocycles. The Morgan fingerprint density at radius 1 is 1.11 bits per heavy atom. The Hall–Kier alpha value is -3.26. The van der Waals surface area contributed by atoms with Gasteiger partial charge in [-0.2, -0.15) is 5.10 Å². The van der Waals surface area contributed by atoms with Crippen LogP contribution in [-0.2, 0) is 6.54 Å². The number of aromatic nitrogens is 4. The van der Waals surface area contributed by atoms with Gasteiger partial charge in [-0.25, -0.2) is 14.6 Å². The SMILES string of the molecule is C[C@H]1c2nc(-c3ccccc3)nn2CCN1C(=O)c1cccc2nc(N)sc12. The lowest BCUT2D eigenvalue weighted by Crippen LogP contribution is -2.41. The topological polar surface area (TPSA) is 89.9 Å². The molecule has 0 saturated heterocycles. The molecule has 0 aliphatic carbocycles. The van der Waals surface area contributed by atoms with Gasteiger partial charge in [0.1, 0.15) is 5.82 Å². The van der Waals surface area contributed by atoms with E-state index in [1.54, 1.807) is 0 Å². The summed E-state index contributed by atoms with van der Waals surface area (Å²) in [7, 11) is 0. The fraction of sp³-hybridized carbons (Fsp3) is 0.200. The van der Waals surface area contributed by atoms with Crippen molar-refractivity contribution in [2.45, 2.75) is 19.5 Å². The van der Waals surface area contributed by atoms with Crippen LogP contribution in [-0.4, -0.2) is 37.1 Å². The van der Waals surface area contributed by atoms with Crippen molar-refractivity contribution < 1.29 is 4.79 Å². The summed E-state index contributed by atoms with van der Waals surface area (Å²) in [5.41, 5.74) is 8.21. The Morgan fingerprint density at radius 3 is 2.75 bits per heavy atom. The van der Waals surface area contributed by atoms with Crippen molar-refractivity contribution in [3.05, 3.63) is 59.9 Å². The summed E-state index contributed by atoms with van der Waals surface area (Å²) in [6, 6.07) is 15.3. The highest BCUT2D eigenvalue weighted by Gasteiger charge is 2.32. The number of hydrogen-bond acceptors (Lipinski definition) is 6. The van der Waals surface area contributed by atoms with Gasteiger partial charge in [-0.15, -0.1) is 0 Å². The number of carbonyl (C=O) groups excluding carboxylic acids is 1. The van der Waals surface area contributed by atoms with Gasteiger partial charge in [0.05, 0.1) is 28.4 Å². The average Bonchev–Trinajstić information content (AvgIpc) is 3.31. The third-order valence-electron chi connectivity index (χ3n) is 5.05. The van der Waals surface area contributed by atoms with E-state index in [9.17, 15) is 4.79 Å². The second-order valence-electron chi connectivity index (χ2n) is 6.76. The summed E-state index contributed by atoms with van der Waals surface area (Å²) in [6.07, 6.45) is 0. The number of carbonyl (C=O) groups is 1. The van der Waals surface area contributed by atoms with Crippen LogP contribution in [0.2, 0.25) is 0 Å². The van der Waals surface area contributed by atoms with Gasteiger partial charge in [0.2, 0.25) is 0 Å². The fourth-order valence-corrected chi connectivity index (χ4v) is 4.48. The van der Waals surface area contributed by atoms with Crippen molar-refractivity contribution in [2.24, 2.45) is 0 Å². The van der Waals surface area contributed by atoms with E-state index in [2.05, 4.69) is 10.1 Å². The zero-order chi connectivity index (χ0) is 19.3. The maximum Gasteiger partial charge on any atom is 0.256 e. The molecule has 8 heteroatoms. The van der Waals surface area contributed by atoms with Crippen LogP contribution in [0.5, 0.6) is 0 Å². The quantitative estimate of drug-likeness (QED) is 0.567. The number of nitrogens with two attached hydrogens (primary N) is 1. The Balaban J connectivity index is 1.50. The monoisotopic (exact) mass is 390 g/mol. The standard InChI is InChI=1S/C20H18N6OS/c1-12-18-23-17(13-6-3-2-4-7-13)24-26(18)11-10-25(12)19(27)14-8-5-9-15-16(14)28-20(21)22-15/h2-9,12H,10-11H2,1H3,(H2,21,22)/t12-/m0/s1. The van der Waals surface area contributed by atoms with Gasteiger partial charge in [-0.05, 0) is 19.1 Å². The van der Waals surface area contributed by atoms with E-state index >= 15 is 0 Å². The van der Waals surface area contributed by atoms with Crippen LogP contribution >= 0.6 is 11.3 Å². The Kier molecular flexibility index (Phi) is 3.87. The highest BCUT2D eigenvalue weighted by atomic mass is 32.1. The zero-order valence-electron chi connectivity index (χ0n) is 15.2. The first-order valence-electron chi connectivity index (χ1n) is 9.08. The Bertz CT molecular complexity index is 1180. The second kappa shape index (κ2) is 6.42. The number of amides is 1. The van der Waals surface area contributed by atoms with Crippen LogP contribution in [0.25, 0.3) is 21.6 Å². The summed E-state index contributed by atoms with van der Waals surface area (Å²) in [6.45, 7) is 3.19. The molecule has 0 bridgehead atoms. The van der Waals surface area contributed by atoms with Crippen LogP contribution < -0.4 is 5.73 Å². The molecule has 1 atom stereocenters. The average molecular weight is 390 g/mol. The van der Waals surface area contributed by atoms with Gasteiger partial charge >= 0.3 is 0 Å². The summed E-state index contributed by atoms with van der Waals surface area (Å²) in [5, 5.41) is 5.10. The Morgan fingerprint density at radius 2 is 1.93 bits per heavy atom. The molecule has 2 aromatic carbocycles. The van der Waals surface area contributed by atoms with Crippen molar-refractivity contribution in [3.8, 4) is 11.4 Å². The molecule has 1 aliphatic rings. The number of thiazole rings is 1. The molecular weight excluding hydrogens is 372 g/mol. The molecule has 140 valence electrons. The van der Waals surface area contributed by atoms with Gasteiger partial charge in [-0.1, -0.05) is 47.7 Å². The van der Waals surface area contributed by atoms with Crippen LogP contribution in [0.1, 0.15) is 29.1 Å². The molecule has 0 fully saturated rings. The number of nitrogen functional groups attached to an aromatic ring is 1. The van der Waals surface area contributed by atoms with E-state index < -0.39 is 0 Å². The summed E-state index contributed by atoms with van der Waals surface area (Å²) in [4.78, 5) is 24.2. The van der Waals surface area contributed by atoms with E-state index in [1.807, 2.05) is 65.0 Å². The molecule has 0 spiro atoms. The minimum Gasteiger partial charge on any atom is -0.375 e. The van der Waals surface area contributed by atoms with E-state index in [4.69, 9.17) is 10.7 Å². The number of rotatable bonds is 2. The minimum absolute atomic E-state index is 0.0303. The Labute approximate surface area is 165 Å². The third kappa shape index (κ3) is 2.65. The van der Waals surface area contributed by atoms with Gasteiger partial charge in [-0.3, -0.25) is 4.79 Å². The summed E-state index contributed by atoms with van der Waals surface area (Å²) in [5.74, 6) is 1.46. The lowest BCUT2D eigenvalue weighted by atomic mass is 10.1. The molecule has 2 aromatic heterocycles. The van der Waals surface area contributed by atoms with Gasteiger partial charge in [0, 0.05) is 12.1 Å². The van der Waals surface area contributed by atoms with Crippen molar-refractivity contribution in [1.29, 1.82) is 0 Å². The highest BCUT2D eigenvalue weighted by Crippen LogP contribution is 2.32. The largest absolute Gasteiger partial charge is 0.375 e. The van der Waals surface area contributed by atoms with Crippen molar-refractivity contribution in [1.82, 2.24) is 24.6 Å². The molecule has 2 N–H and O–H groups in total. The number of hydrogen-bond donors (Lipinski definition) is 1. The maximum absolute atomic E-state index is 13.3. The molecule has 28 heavy (non-hydrogen) atoms. The molecule has 0 unspecified atom stereocenters. The lowest BCUT2D eigenvalue weighted by molar-refractivity contribution is 0.0633. The van der Waals surface area contributed by atoms with Crippen LogP contribution in [0.15, 0.2) is 48.5 Å². The number of nitrogens with zero attached hydrogens (tertiary/aromatic N) is 5. The molecule has 1 amide bonds. The van der Waals surface area contributed by atoms with Crippen LogP contribution in [0, 0.1) is 0 Å². The number of fused-ring (bicyclic) bond motifs is 2. The van der Waals surface area contributed by atoms with E-state index in [1.165, 1.54) is 11.3 Å². The molecule has 7 nitrogen and oxygen atoms in total. The van der Waals surface area contributed by atoms with Gasteiger partial charge in [0.15, 0.2) is 11.0 Å². The smallest absolute Gasteiger partial charge is 0.256 e. The first kappa shape index (κ1) is 16.9. The van der Waals surface area contributed by atoms with E-state index in [0.717, 1.165) is 21.6 Å². The van der Waals surface area contributed by atoms with Gasteiger partial charge < -0.3 is 10.6 Å².